The van der Waals surface area contributed by atoms with Crippen molar-refractivity contribution in [2.24, 2.45) is 5.10 Å². The number of anilines is 1. The van der Waals surface area contributed by atoms with Crippen molar-refractivity contribution >= 4 is 29.2 Å². The molecule has 0 aliphatic heterocycles. The predicted octanol–water partition coefficient (Wildman–Crippen LogP) is 4.42. The Morgan fingerprint density at radius 3 is 2.54 bits per heavy atom. The standard InChI is InChI=1S/C14H9ClF3N3O3/c15-10-5-8(1-4-13(10)22)7-19-20-11-3-2-9(14(16,17)18)6-12(11)21(23)24/h1-7,20,22H/b19-7-. The van der Waals surface area contributed by atoms with Crippen molar-refractivity contribution in [1.29, 1.82) is 0 Å². The summed E-state index contributed by atoms with van der Waals surface area (Å²) in [5, 5.41) is 24.0. The lowest BCUT2D eigenvalue weighted by Gasteiger charge is -2.08. The number of benzene rings is 2. The van der Waals surface area contributed by atoms with Gasteiger partial charge in [-0.25, -0.2) is 0 Å². The highest BCUT2D eigenvalue weighted by Crippen LogP contribution is 2.35. The molecular formula is C14H9ClF3N3O3. The van der Waals surface area contributed by atoms with E-state index in [0.717, 1.165) is 6.07 Å². The molecular weight excluding hydrogens is 351 g/mol. The molecule has 126 valence electrons. The third-order valence-corrected chi connectivity index (χ3v) is 3.19. The molecule has 0 aromatic heterocycles. The maximum absolute atomic E-state index is 12.6. The minimum Gasteiger partial charge on any atom is -0.506 e. The Hall–Kier alpha value is -2.81. The first-order valence-electron chi connectivity index (χ1n) is 6.31. The Kier molecular flexibility index (Phi) is 4.93. The van der Waals surface area contributed by atoms with Crippen LogP contribution < -0.4 is 5.43 Å². The number of phenolic OH excluding ortho intramolecular Hbond substituents is 1. The minimum atomic E-state index is -4.69. The smallest absolute Gasteiger partial charge is 0.416 e. The van der Waals surface area contributed by atoms with Crippen LogP contribution in [-0.4, -0.2) is 16.2 Å². The molecule has 6 nitrogen and oxygen atoms in total. The first-order chi connectivity index (χ1) is 11.2. The number of nitrogens with zero attached hydrogens (tertiary/aromatic N) is 2. The average Bonchev–Trinajstić information content (AvgIpc) is 2.50. The van der Waals surface area contributed by atoms with Gasteiger partial charge in [-0.15, -0.1) is 0 Å². The summed E-state index contributed by atoms with van der Waals surface area (Å²) in [5.74, 6) is -0.125. The van der Waals surface area contributed by atoms with Gasteiger partial charge in [-0.3, -0.25) is 15.5 Å². The van der Waals surface area contributed by atoms with E-state index in [0.29, 0.717) is 17.7 Å². The SMILES string of the molecule is O=[N+]([O-])c1cc(C(F)(F)F)ccc1N/N=C\c1ccc(O)c(Cl)c1. The Balaban J connectivity index is 2.24. The molecule has 0 bridgehead atoms. The van der Waals surface area contributed by atoms with Crippen molar-refractivity contribution in [3.63, 3.8) is 0 Å². The van der Waals surface area contributed by atoms with Crippen LogP contribution in [0.3, 0.4) is 0 Å². The van der Waals surface area contributed by atoms with Crippen molar-refractivity contribution in [2.45, 2.75) is 6.18 Å². The third-order valence-electron chi connectivity index (χ3n) is 2.89. The van der Waals surface area contributed by atoms with Crippen LogP contribution in [0.25, 0.3) is 0 Å². The lowest BCUT2D eigenvalue weighted by molar-refractivity contribution is -0.384. The first kappa shape index (κ1) is 17.5. The summed E-state index contributed by atoms with van der Waals surface area (Å²) in [4.78, 5) is 9.98. The van der Waals surface area contributed by atoms with Crippen molar-refractivity contribution in [1.82, 2.24) is 0 Å². The zero-order valence-corrected chi connectivity index (χ0v) is 12.5. The van der Waals surface area contributed by atoms with E-state index in [-0.39, 0.29) is 16.5 Å². The third kappa shape index (κ3) is 4.13. The van der Waals surface area contributed by atoms with Crippen LogP contribution in [0, 0.1) is 10.1 Å². The van der Waals surface area contributed by atoms with Crippen LogP contribution in [0.1, 0.15) is 11.1 Å². The Morgan fingerprint density at radius 1 is 1.25 bits per heavy atom. The Morgan fingerprint density at radius 2 is 1.96 bits per heavy atom. The molecule has 0 spiro atoms. The maximum Gasteiger partial charge on any atom is 0.416 e. The van der Waals surface area contributed by atoms with Crippen LogP contribution in [0.4, 0.5) is 24.5 Å². The van der Waals surface area contributed by atoms with E-state index >= 15 is 0 Å². The topological polar surface area (TPSA) is 87.8 Å². The fraction of sp³-hybridized carbons (Fsp3) is 0.0714. The highest BCUT2D eigenvalue weighted by atomic mass is 35.5. The van der Waals surface area contributed by atoms with Crippen LogP contribution in [0.15, 0.2) is 41.5 Å². The monoisotopic (exact) mass is 359 g/mol. The van der Waals surface area contributed by atoms with Crippen LogP contribution in [0.5, 0.6) is 5.75 Å². The fourth-order valence-corrected chi connectivity index (χ4v) is 1.92. The molecule has 0 aliphatic carbocycles. The van der Waals surface area contributed by atoms with Crippen molar-refractivity contribution in [2.75, 3.05) is 5.43 Å². The largest absolute Gasteiger partial charge is 0.506 e. The average molecular weight is 360 g/mol. The zero-order chi connectivity index (χ0) is 17.9. The summed E-state index contributed by atoms with van der Waals surface area (Å²) >= 11 is 5.71. The molecule has 0 saturated carbocycles. The van der Waals surface area contributed by atoms with Gasteiger partial charge in [-0.1, -0.05) is 11.6 Å². The number of nitro benzene ring substituents is 1. The van der Waals surface area contributed by atoms with Gasteiger partial charge in [0, 0.05) is 6.07 Å². The molecule has 2 aromatic carbocycles. The maximum atomic E-state index is 12.6. The van der Waals surface area contributed by atoms with Crippen LogP contribution in [0.2, 0.25) is 5.02 Å². The molecule has 24 heavy (non-hydrogen) atoms. The second-order valence-electron chi connectivity index (χ2n) is 4.57. The molecule has 0 fully saturated rings. The van der Waals surface area contributed by atoms with Crippen molar-refractivity contribution in [3.8, 4) is 5.75 Å². The quantitative estimate of drug-likeness (QED) is 0.480. The van der Waals surface area contributed by atoms with Gasteiger partial charge in [-0.2, -0.15) is 18.3 Å². The molecule has 0 amide bonds. The zero-order valence-electron chi connectivity index (χ0n) is 11.7. The van der Waals surface area contributed by atoms with E-state index in [4.69, 9.17) is 11.6 Å². The molecule has 0 atom stereocenters. The van der Waals surface area contributed by atoms with Crippen molar-refractivity contribution in [3.05, 3.63) is 62.7 Å². The first-order valence-corrected chi connectivity index (χ1v) is 6.69. The molecule has 10 heteroatoms. The lowest BCUT2D eigenvalue weighted by atomic mass is 10.1. The summed E-state index contributed by atoms with van der Waals surface area (Å²) in [7, 11) is 0. The summed E-state index contributed by atoms with van der Waals surface area (Å²) in [6.07, 6.45) is -3.44. The van der Waals surface area contributed by atoms with E-state index in [9.17, 15) is 28.4 Å². The number of hydrogen-bond acceptors (Lipinski definition) is 5. The van der Waals surface area contributed by atoms with E-state index in [1.807, 2.05) is 0 Å². The van der Waals surface area contributed by atoms with Crippen LogP contribution >= 0.6 is 11.6 Å². The minimum absolute atomic E-state index is 0.0828. The van der Waals surface area contributed by atoms with Gasteiger partial charge in [-0.05, 0) is 35.9 Å². The molecule has 0 unspecified atom stereocenters. The fourth-order valence-electron chi connectivity index (χ4n) is 1.73. The lowest BCUT2D eigenvalue weighted by Crippen LogP contribution is -2.06. The number of nitrogens with one attached hydrogen (secondary N) is 1. The summed E-state index contributed by atoms with van der Waals surface area (Å²) in [6, 6.07) is 6.25. The van der Waals surface area contributed by atoms with E-state index < -0.39 is 22.4 Å². The highest BCUT2D eigenvalue weighted by Gasteiger charge is 2.33. The van der Waals surface area contributed by atoms with Gasteiger partial charge < -0.3 is 5.11 Å². The summed E-state index contributed by atoms with van der Waals surface area (Å²) in [5.41, 5.74) is 0.694. The molecule has 2 rings (SSSR count). The normalized spacial score (nSPS) is 11.7. The number of nitro groups is 1. The van der Waals surface area contributed by atoms with E-state index in [2.05, 4.69) is 10.5 Å². The highest BCUT2D eigenvalue weighted by molar-refractivity contribution is 6.32. The summed E-state index contributed by atoms with van der Waals surface area (Å²) in [6.45, 7) is 0. The van der Waals surface area contributed by atoms with E-state index in [1.54, 1.807) is 0 Å². The molecule has 0 heterocycles. The van der Waals surface area contributed by atoms with Gasteiger partial charge in [0.2, 0.25) is 0 Å². The second kappa shape index (κ2) is 6.75. The summed E-state index contributed by atoms with van der Waals surface area (Å²) < 4.78 is 37.8. The molecule has 0 aliphatic rings. The number of hydrazone groups is 1. The van der Waals surface area contributed by atoms with Gasteiger partial charge >= 0.3 is 6.18 Å². The van der Waals surface area contributed by atoms with E-state index in [1.165, 1.54) is 24.4 Å². The predicted molar refractivity (Wildman–Crippen MR) is 82.4 cm³/mol. The molecule has 2 N–H and O–H groups in total. The second-order valence-corrected chi connectivity index (χ2v) is 4.97. The molecule has 2 aromatic rings. The van der Waals surface area contributed by atoms with Crippen LogP contribution in [-0.2, 0) is 6.18 Å². The molecule has 0 radical (unpaired) electrons. The number of aromatic hydroxyl groups is 1. The molecule has 0 saturated heterocycles. The van der Waals surface area contributed by atoms with Gasteiger partial charge in [0.25, 0.3) is 5.69 Å². The number of hydrogen-bond donors (Lipinski definition) is 2. The van der Waals surface area contributed by atoms with Gasteiger partial charge in [0.15, 0.2) is 0 Å². The Labute approximate surface area is 138 Å². The number of rotatable bonds is 4. The number of alkyl halides is 3. The number of phenols is 1. The van der Waals surface area contributed by atoms with Crippen molar-refractivity contribution < 1.29 is 23.2 Å². The number of halogens is 4. The van der Waals surface area contributed by atoms with Gasteiger partial charge in [0.05, 0.1) is 21.7 Å². The van der Waals surface area contributed by atoms with Gasteiger partial charge in [0.1, 0.15) is 11.4 Å². The Bertz CT molecular complexity index is 810.